The quantitative estimate of drug-likeness (QED) is 0.811. The Bertz CT molecular complexity index is 731. The summed E-state index contributed by atoms with van der Waals surface area (Å²) in [6.07, 6.45) is 0.924. The molecule has 116 valence electrons. The molecule has 2 aromatic rings. The van der Waals surface area contributed by atoms with E-state index in [0.29, 0.717) is 11.6 Å². The molecule has 2 heterocycles. The van der Waals surface area contributed by atoms with Crippen molar-refractivity contribution in [3.8, 4) is 11.3 Å². The number of rotatable bonds is 3. The predicted molar refractivity (Wildman–Crippen MR) is 78.9 cm³/mol. The highest BCUT2D eigenvalue weighted by molar-refractivity contribution is 7.99. The zero-order valence-corrected chi connectivity index (χ0v) is 12.8. The Morgan fingerprint density at radius 1 is 1.45 bits per heavy atom. The van der Waals surface area contributed by atoms with Crippen molar-refractivity contribution in [1.82, 2.24) is 9.78 Å². The summed E-state index contributed by atoms with van der Waals surface area (Å²) in [7, 11) is 0. The number of benzene rings is 1. The fraction of sp³-hybridized carbons (Fsp3) is 0.333. The molecule has 22 heavy (non-hydrogen) atoms. The van der Waals surface area contributed by atoms with E-state index in [9.17, 15) is 13.6 Å². The van der Waals surface area contributed by atoms with Crippen molar-refractivity contribution in [3.05, 3.63) is 35.4 Å². The van der Waals surface area contributed by atoms with Crippen molar-refractivity contribution < 1.29 is 18.3 Å². The van der Waals surface area contributed by atoms with Gasteiger partial charge in [0, 0.05) is 23.9 Å². The molecular formula is C15H14F2N2O2S. The van der Waals surface area contributed by atoms with Gasteiger partial charge in [-0.25, -0.2) is 13.6 Å². The summed E-state index contributed by atoms with van der Waals surface area (Å²) < 4.78 is 34.0. The number of carbonyl (C=O) groups excluding carboxylic acids is 1. The summed E-state index contributed by atoms with van der Waals surface area (Å²) in [4.78, 5) is 12.3. The molecule has 1 aromatic heterocycles. The van der Waals surface area contributed by atoms with Crippen molar-refractivity contribution in [3.63, 3.8) is 0 Å². The fourth-order valence-electron chi connectivity index (χ4n) is 2.39. The summed E-state index contributed by atoms with van der Waals surface area (Å²) in [5.41, 5.74) is 0.573. The Kier molecular flexibility index (Phi) is 4.15. The summed E-state index contributed by atoms with van der Waals surface area (Å²) in [5, 5.41) is 5.03. The second-order valence-electron chi connectivity index (χ2n) is 4.80. The lowest BCUT2D eigenvalue weighted by molar-refractivity contribution is 0.0522. The highest BCUT2D eigenvalue weighted by Gasteiger charge is 2.29. The summed E-state index contributed by atoms with van der Waals surface area (Å²) in [5.74, 6) is -1.08. The van der Waals surface area contributed by atoms with Gasteiger partial charge in [0.15, 0.2) is 0 Å². The molecule has 1 aromatic carbocycles. The predicted octanol–water partition coefficient (Wildman–Crippen LogP) is 3.50. The van der Waals surface area contributed by atoms with Gasteiger partial charge >= 0.3 is 5.97 Å². The van der Waals surface area contributed by atoms with E-state index in [2.05, 4.69) is 5.10 Å². The lowest BCUT2D eigenvalue weighted by Crippen LogP contribution is -2.11. The molecule has 0 saturated carbocycles. The molecule has 0 radical (unpaired) electrons. The number of esters is 1. The highest BCUT2D eigenvalue weighted by atomic mass is 32.2. The van der Waals surface area contributed by atoms with E-state index < -0.39 is 17.6 Å². The highest BCUT2D eigenvalue weighted by Crippen LogP contribution is 2.36. The number of aryl methyl sites for hydroxylation is 1. The number of carbonyl (C=O) groups is 1. The molecule has 0 unspecified atom stereocenters. The van der Waals surface area contributed by atoms with Gasteiger partial charge in [-0.15, -0.1) is 11.8 Å². The molecule has 0 bridgehead atoms. The van der Waals surface area contributed by atoms with Gasteiger partial charge in [0.25, 0.3) is 0 Å². The second kappa shape index (κ2) is 6.08. The lowest BCUT2D eigenvalue weighted by Gasteiger charge is -2.13. The third-order valence-electron chi connectivity index (χ3n) is 3.32. The van der Waals surface area contributed by atoms with E-state index in [-0.39, 0.29) is 23.4 Å². The van der Waals surface area contributed by atoms with Gasteiger partial charge in [0.2, 0.25) is 0 Å². The van der Waals surface area contributed by atoms with Crippen molar-refractivity contribution in [2.24, 2.45) is 0 Å². The van der Waals surface area contributed by atoms with Crippen LogP contribution in [-0.2, 0) is 11.3 Å². The van der Waals surface area contributed by atoms with Crippen molar-refractivity contribution >= 4 is 17.7 Å². The molecule has 7 heteroatoms. The van der Waals surface area contributed by atoms with Crippen molar-refractivity contribution in [2.75, 3.05) is 12.4 Å². The lowest BCUT2D eigenvalue weighted by atomic mass is 10.1. The molecule has 1 aliphatic rings. The number of aromatic nitrogens is 2. The van der Waals surface area contributed by atoms with Crippen LogP contribution in [0.25, 0.3) is 11.3 Å². The van der Waals surface area contributed by atoms with Crippen LogP contribution < -0.4 is 0 Å². The summed E-state index contributed by atoms with van der Waals surface area (Å²) in [6.45, 7) is 2.59. The molecular weight excluding hydrogens is 310 g/mol. The molecule has 0 atom stereocenters. The van der Waals surface area contributed by atoms with Crippen LogP contribution in [0.4, 0.5) is 8.78 Å². The topological polar surface area (TPSA) is 44.1 Å². The van der Waals surface area contributed by atoms with Gasteiger partial charge in [-0.3, -0.25) is 4.68 Å². The first-order chi connectivity index (χ1) is 10.6. The summed E-state index contributed by atoms with van der Waals surface area (Å²) in [6, 6.07) is 3.24. The van der Waals surface area contributed by atoms with Crippen LogP contribution in [-0.4, -0.2) is 28.1 Å². The van der Waals surface area contributed by atoms with E-state index >= 15 is 0 Å². The van der Waals surface area contributed by atoms with Gasteiger partial charge < -0.3 is 4.74 Å². The maximum absolute atomic E-state index is 14.1. The molecule has 0 spiro atoms. The van der Waals surface area contributed by atoms with Gasteiger partial charge in [0.05, 0.1) is 6.61 Å². The molecule has 3 rings (SSSR count). The van der Waals surface area contributed by atoms with E-state index in [4.69, 9.17) is 4.74 Å². The zero-order valence-electron chi connectivity index (χ0n) is 11.9. The maximum atomic E-state index is 14.1. The summed E-state index contributed by atoms with van der Waals surface area (Å²) >= 11 is 1.50. The van der Waals surface area contributed by atoms with Gasteiger partial charge in [-0.05, 0) is 25.5 Å². The standard InChI is InChI=1S/C15H14F2N2O2S/c1-2-21-15(20)12-13(10-5-4-9(16)8-11(10)17)18-19-6-3-7-22-14(12)19/h4-5,8H,2-3,6-7H2,1H3. The minimum atomic E-state index is -0.744. The Morgan fingerprint density at radius 3 is 3.00 bits per heavy atom. The number of ether oxygens (including phenoxy) is 1. The largest absolute Gasteiger partial charge is 0.462 e. The van der Waals surface area contributed by atoms with Crippen LogP contribution >= 0.6 is 11.8 Å². The monoisotopic (exact) mass is 324 g/mol. The van der Waals surface area contributed by atoms with E-state index in [1.165, 1.54) is 17.8 Å². The van der Waals surface area contributed by atoms with Crippen molar-refractivity contribution in [2.45, 2.75) is 24.9 Å². The van der Waals surface area contributed by atoms with Gasteiger partial charge in [0.1, 0.15) is 27.9 Å². The number of nitrogens with zero attached hydrogens (tertiary/aromatic N) is 2. The van der Waals surface area contributed by atoms with Crippen LogP contribution in [0, 0.1) is 11.6 Å². The Labute approximate surface area is 130 Å². The van der Waals surface area contributed by atoms with Gasteiger partial charge in [-0.1, -0.05) is 0 Å². The third kappa shape index (κ3) is 2.61. The Morgan fingerprint density at radius 2 is 2.27 bits per heavy atom. The molecule has 0 saturated heterocycles. The molecule has 0 N–H and O–H groups in total. The smallest absolute Gasteiger partial charge is 0.343 e. The Balaban J connectivity index is 2.17. The van der Waals surface area contributed by atoms with Crippen LogP contribution in [0.15, 0.2) is 23.2 Å². The van der Waals surface area contributed by atoms with Crippen LogP contribution in [0.3, 0.4) is 0 Å². The first-order valence-electron chi connectivity index (χ1n) is 6.98. The van der Waals surface area contributed by atoms with Crippen molar-refractivity contribution in [1.29, 1.82) is 0 Å². The SMILES string of the molecule is CCOC(=O)c1c(-c2ccc(F)cc2F)nn2c1SCCC2. The van der Waals surface area contributed by atoms with E-state index in [1.54, 1.807) is 11.6 Å². The minimum absolute atomic E-state index is 0.104. The number of fused-ring (bicyclic) bond motifs is 1. The van der Waals surface area contributed by atoms with E-state index in [0.717, 1.165) is 24.3 Å². The number of halogens is 2. The number of thioether (sulfide) groups is 1. The van der Waals surface area contributed by atoms with Gasteiger partial charge in [-0.2, -0.15) is 5.10 Å². The maximum Gasteiger partial charge on any atom is 0.343 e. The Hall–Kier alpha value is -1.89. The normalized spacial score (nSPS) is 13.8. The number of hydrogen-bond donors (Lipinski definition) is 0. The molecule has 4 nitrogen and oxygen atoms in total. The van der Waals surface area contributed by atoms with Crippen LogP contribution in [0.5, 0.6) is 0 Å². The third-order valence-corrected chi connectivity index (χ3v) is 4.51. The average Bonchev–Trinajstić information content (AvgIpc) is 2.86. The van der Waals surface area contributed by atoms with Crippen LogP contribution in [0.1, 0.15) is 23.7 Å². The van der Waals surface area contributed by atoms with Crippen LogP contribution in [0.2, 0.25) is 0 Å². The fourth-order valence-corrected chi connectivity index (χ4v) is 3.46. The molecule has 0 aliphatic carbocycles. The van der Waals surface area contributed by atoms with E-state index in [1.807, 2.05) is 0 Å². The zero-order chi connectivity index (χ0) is 15.7. The second-order valence-corrected chi connectivity index (χ2v) is 5.88. The average molecular weight is 324 g/mol. The molecule has 0 amide bonds. The first kappa shape index (κ1) is 15.0. The molecule has 1 aliphatic heterocycles. The number of hydrogen-bond acceptors (Lipinski definition) is 4. The minimum Gasteiger partial charge on any atom is -0.462 e. The molecule has 0 fully saturated rings. The first-order valence-corrected chi connectivity index (χ1v) is 7.96.